The minimum Gasteiger partial charge on any atom is -0.495 e. The van der Waals surface area contributed by atoms with Gasteiger partial charge >= 0.3 is 0 Å². The molecule has 0 radical (unpaired) electrons. The second kappa shape index (κ2) is 6.72. The van der Waals surface area contributed by atoms with Crippen molar-refractivity contribution in [3.63, 3.8) is 0 Å². The molecule has 2 aliphatic heterocycles. The number of para-hydroxylation sites is 2. The van der Waals surface area contributed by atoms with Gasteiger partial charge in [0.1, 0.15) is 5.75 Å². The maximum Gasteiger partial charge on any atom is 0.228 e. The van der Waals surface area contributed by atoms with Crippen LogP contribution in [0.2, 0.25) is 0 Å². The third kappa shape index (κ3) is 3.07. The molecule has 4 rings (SSSR count). The zero-order chi connectivity index (χ0) is 19.1. The monoisotopic (exact) mass is 368 g/mol. The molecule has 0 bridgehead atoms. The minimum atomic E-state index is -0.302. The minimum absolute atomic E-state index is 0.0338. The number of carbonyl (C=O) groups excluding carboxylic acids is 2. The standard InChI is InChI=1S/C20H24N4O3/c1-13-8-14(2)24(21-13)16-11-22(12-16)20(26)15-9-19(25)23(10-15)17-6-4-5-7-18(17)27-3/h4-8,15-16H,9-12H2,1-3H3/t15-/m0/s1. The van der Waals surface area contributed by atoms with Crippen molar-refractivity contribution in [3.8, 4) is 5.75 Å². The number of aryl methyl sites for hydroxylation is 2. The number of likely N-dealkylation sites (tertiary alicyclic amines) is 1. The summed E-state index contributed by atoms with van der Waals surface area (Å²) in [4.78, 5) is 28.9. The third-order valence-corrected chi connectivity index (χ3v) is 5.41. The Labute approximate surface area is 158 Å². The number of hydrogen-bond donors (Lipinski definition) is 0. The lowest BCUT2D eigenvalue weighted by Gasteiger charge is -2.41. The highest BCUT2D eigenvalue weighted by atomic mass is 16.5. The molecule has 7 heteroatoms. The van der Waals surface area contributed by atoms with Gasteiger partial charge in [-0.25, -0.2) is 0 Å². The van der Waals surface area contributed by atoms with Gasteiger partial charge in [0.05, 0.1) is 30.5 Å². The number of benzene rings is 1. The van der Waals surface area contributed by atoms with Gasteiger partial charge in [-0.3, -0.25) is 14.3 Å². The Balaban J connectivity index is 1.41. The summed E-state index contributed by atoms with van der Waals surface area (Å²) in [5.74, 6) is 0.364. The molecule has 0 spiro atoms. The van der Waals surface area contributed by atoms with Crippen molar-refractivity contribution in [1.82, 2.24) is 14.7 Å². The van der Waals surface area contributed by atoms with E-state index in [9.17, 15) is 9.59 Å². The number of hydrogen-bond acceptors (Lipinski definition) is 4. The molecule has 2 aromatic rings. The molecular weight excluding hydrogens is 344 g/mol. The van der Waals surface area contributed by atoms with Crippen molar-refractivity contribution in [1.29, 1.82) is 0 Å². The molecule has 1 atom stereocenters. The summed E-state index contributed by atoms with van der Waals surface area (Å²) in [6, 6.07) is 9.69. The molecule has 2 amide bonds. The van der Waals surface area contributed by atoms with Crippen LogP contribution in [-0.4, -0.2) is 53.2 Å². The van der Waals surface area contributed by atoms with Crippen molar-refractivity contribution in [2.45, 2.75) is 26.3 Å². The second-order valence-electron chi connectivity index (χ2n) is 7.35. The topological polar surface area (TPSA) is 67.7 Å². The fourth-order valence-corrected chi connectivity index (χ4v) is 4.02. The highest BCUT2D eigenvalue weighted by Crippen LogP contribution is 2.34. The molecule has 2 aliphatic rings. The van der Waals surface area contributed by atoms with Gasteiger partial charge in [-0.15, -0.1) is 0 Å². The van der Waals surface area contributed by atoms with Crippen molar-refractivity contribution in [3.05, 3.63) is 41.7 Å². The van der Waals surface area contributed by atoms with Crippen LogP contribution in [-0.2, 0) is 9.59 Å². The van der Waals surface area contributed by atoms with Crippen LogP contribution in [0.3, 0.4) is 0 Å². The molecule has 142 valence electrons. The Morgan fingerprint density at radius 2 is 1.93 bits per heavy atom. The van der Waals surface area contributed by atoms with Crippen molar-refractivity contribution < 1.29 is 14.3 Å². The average Bonchev–Trinajstić information content (AvgIpc) is 3.15. The first kappa shape index (κ1) is 17.6. The van der Waals surface area contributed by atoms with E-state index in [2.05, 4.69) is 5.10 Å². The Bertz CT molecular complexity index is 885. The zero-order valence-corrected chi connectivity index (χ0v) is 15.9. The van der Waals surface area contributed by atoms with Gasteiger partial charge in [0.15, 0.2) is 0 Å². The normalized spacial score (nSPS) is 20.1. The molecule has 0 N–H and O–H groups in total. The first-order chi connectivity index (χ1) is 13.0. The lowest BCUT2D eigenvalue weighted by molar-refractivity contribution is -0.141. The maximum absolute atomic E-state index is 12.9. The summed E-state index contributed by atoms with van der Waals surface area (Å²) in [7, 11) is 1.58. The predicted octanol–water partition coefficient (Wildman–Crippen LogP) is 1.94. The zero-order valence-electron chi connectivity index (χ0n) is 15.9. The quantitative estimate of drug-likeness (QED) is 0.827. The molecular formula is C20H24N4O3. The lowest BCUT2D eigenvalue weighted by atomic mass is 10.0. The van der Waals surface area contributed by atoms with E-state index >= 15 is 0 Å². The number of nitrogens with zero attached hydrogens (tertiary/aromatic N) is 4. The SMILES string of the molecule is COc1ccccc1N1C[C@@H](C(=O)N2CC(n3nc(C)cc3C)C2)CC1=O. The average molecular weight is 368 g/mol. The van der Waals surface area contributed by atoms with Crippen LogP contribution in [0.4, 0.5) is 5.69 Å². The largest absolute Gasteiger partial charge is 0.495 e. The van der Waals surface area contributed by atoms with Crippen molar-refractivity contribution in [2.24, 2.45) is 5.92 Å². The van der Waals surface area contributed by atoms with Gasteiger partial charge in [0, 0.05) is 31.7 Å². The van der Waals surface area contributed by atoms with Crippen LogP contribution in [0.5, 0.6) is 5.75 Å². The van der Waals surface area contributed by atoms with E-state index in [0.717, 1.165) is 17.1 Å². The summed E-state index contributed by atoms with van der Waals surface area (Å²) in [5, 5.41) is 4.51. The van der Waals surface area contributed by atoms with Crippen molar-refractivity contribution in [2.75, 3.05) is 31.6 Å². The molecule has 0 saturated carbocycles. The molecule has 3 heterocycles. The Morgan fingerprint density at radius 3 is 2.59 bits per heavy atom. The van der Waals surface area contributed by atoms with Crippen LogP contribution in [0.15, 0.2) is 30.3 Å². The van der Waals surface area contributed by atoms with E-state index in [1.165, 1.54) is 0 Å². The van der Waals surface area contributed by atoms with Crippen LogP contribution < -0.4 is 9.64 Å². The third-order valence-electron chi connectivity index (χ3n) is 5.41. The maximum atomic E-state index is 12.9. The summed E-state index contributed by atoms with van der Waals surface area (Å²) in [5.41, 5.74) is 2.83. The fourth-order valence-electron chi connectivity index (χ4n) is 4.02. The number of ether oxygens (including phenoxy) is 1. The van der Waals surface area contributed by atoms with Crippen LogP contribution in [0, 0.1) is 19.8 Å². The van der Waals surface area contributed by atoms with Crippen LogP contribution in [0.25, 0.3) is 0 Å². The number of methoxy groups -OCH3 is 1. The van der Waals surface area contributed by atoms with Gasteiger partial charge in [0.25, 0.3) is 0 Å². The molecule has 7 nitrogen and oxygen atoms in total. The van der Waals surface area contributed by atoms with E-state index in [1.54, 1.807) is 12.0 Å². The fraction of sp³-hybridized carbons (Fsp3) is 0.450. The molecule has 27 heavy (non-hydrogen) atoms. The molecule has 2 fully saturated rings. The molecule has 2 saturated heterocycles. The number of carbonyl (C=O) groups is 2. The van der Waals surface area contributed by atoms with E-state index in [0.29, 0.717) is 25.4 Å². The Morgan fingerprint density at radius 1 is 1.19 bits per heavy atom. The van der Waals surface area contributed by atoms with Crippen LogP contribution in [0.1, 0.15) is 23.9 Å². The van der Waals surface area contributed by atoms with E-state index in [4.69, 9.17) is 4.74 Å². The van der Waals surface area contributed by atoms with Gasteiger partial charge in [-0.2, -0.15) is 5.10 Å². The number of anilines is 1. The summed E-state index contributed by atoms with van der Waals surface area (Å²) in [6.07, 6.45) is 0.248. The van der Waals surface area contributed by atoms with E-state index in [1.807, 2.05) is 53.8 Å². The summed E-state index contributed by atoms with van der Waals surface area (Å²) < 4.78 is 7.36. The number of amides is 2. The second-order valence-corrected chi connectivity index (χ2v) is 7.35. The van der Waals surface area contributed by atoms with Crippen molar-refractivity contribution >= 4 is 17.5 Å². The summed E-state index contributed by atoms with van der Waals surface area (Å²) in [6.45, 7) is 5.71. The molecule has 0 unspecified atom stereocenters. The number of rotatable bonds is 4. The molecule has 1 aromatic carbocycles. The Hall–Kier alpha value is -2.83. The van der Waals surface area contributed by atoms with Gasteiger partial charge in [-0.05, 0) is 32.0 Å². The molecule has 0 aliphatic carbocycles. The van der Waals surface area contributed by atoms with E-state index < -0.39 is 0 Å². The van der Waals surface area contributed by atoms with Crippen LogP contribution >= 0.6 is 0 Å². The van der Waals surface area contributed by atoms with Gasteiger partial charge in [-0.1, -0.05) is 12.1 Å². The lowest BCUT2D eigenvalue weighted by Crippen LogP contribution is -2.53. The van der Waals surface area contributed by atoms with Gasteiger partial charge in [0.2, 0.25) is 11.8 Å². The van der Waals surface area contributed by atoms with E-state index in [-0.39, 0.29) is 30.2 Å². The first-order valence-electron chi connectivity index (χ1n) is 9.23. The highest BCUT2D eigenvalue weighted by Gasteiger charge is 2.42. The Kier molecular flexibility index (Phi) is 4.37. The molecule has 1 aromatic heterocycles. The summed E-state index contributed by atoms with van der Waals surface area (Å²) >= 11 is 0. The first-order valence-corrected chi connectivity index (χ1v) is 9.23. The highest BCUT2D eigenvalue weighted by molar-refractivity contribution is 6.01. The predicted molar refractivity (Wildman–Crippen MR) is 101 cm³/mol. The van der Waals surface area contributed by atoms with Gasteiger partial charge < -0.3 is 14.5 Å². The smallest absolute Gasteiger partial charge is 0.228 e. The number of aromatic nitrogens is 2.